The second-order valence-corrected chi connectivity index (χ2v) is 6.44. The van der Waals surface area contributed by atoms with Crippen molar-refractivity contribution in [2.45, 2.75) is 52.2 Å². The Morgan fingerprint density at radius 3 is 2.78 bits per heavy atom. The van der Waals surface area contributed by atoms with Gasteiger partial charge in [-0.1, -0.05) is 0 Å². The molecule has 1 amide bonds. The van der Waals surface area contributed by atoms with Gasteiger partial charge in [-0.3, -0.25) is 0 Å². The minimum absolute atomic E-state index is 0.111. The van der Waals surface area contributed by atoms with Crippen molar-refractivity contribution in [2.24, 2.45) is 0 Å². The lowest BCUT2D eigenvalue weighted by Crippen LogP contribution is -2.46. The zero-order valence-corrected chi connectivity index (χ0v) is 14.2. The van der Waals surface area contributed by atoms with Crippen LogP contribution in [0.25, 0.3) is 0 Å². The zero-order valence-electron chi connectivity index (χ0n) is 14.2. The van der Waals surface area contributed by atoms with Crippen LogP contribution in [0.2, 0.25) is 0 Å². The second kappa shape index (κ2) is 7.48. The lowest BCUT2D eigenvalue weighted by Gasteiger charge is -2.33. The van der Waals surface area contributed by atoms with Crippen LogP contribution in [0.15, 0.2) is 12.4 Å². The third-order valence-electron chi connectivity index (χ3n) is 3.23. The Morgan fingerprint density at radius 1 is 1.35 bits per heavy atom. The average Bonchev–Trinajstić information content (AvgIpc) is 2.46. The molecule has 0 aromatic carbocycles. The van der Waals surface area contributed by atoms with Crippen LogP contribution in [0.4, 0.5) is 4.79 Å². The summed E-state index contributed by atoms with van der Waals surface area (Å²) < 4.78 is 16.6. The summed E-state index contributed by atoms with van der Waals surface area (Å²) >= 11 is 0. The van der Waals surface area contributed by atoms with Gasteiger partial charge < -0.3 is 19.1 Å². The maximum atomic E-state index is 12.2. The van der Waals surface area contributed by atoms with E-state index in [4.69, 9.17) is 14.2 Å². The highest BCUT2D eigenvalue weighted by atomic mass is 16.6. The van der Waals surface area contributed by atoms with Gasteiger partial charge in [-0.15, -0.1) is 0 Å². The van der Waals surface area contributed by atoms with E-state index in [0.717, 1.165) is 12.8 Å². The third-order valence-corrected chi connectivity index (χ3v) is 3.23. The van der Waals surface area contributed by atoms with Gasteiger partial charge in [0.1, 0.15) is 18.0 Å². The summed E-state index contributed by atoms with van der Waals surface area (Å²) in [6.07, 6.45) is 2.74. The van der Waals surface area contributed by atoms with Crippen LogP contribution in [0.3, 0.4) is 0 Å². The molecule has 1 aromatic rings. The topological polar surface area (TPSA) is 73.8 Å². The first kappa shape index (κ1) is 17.3. The molecule has 7 nitrogen and oxygen atoms in total. The van der Waals surface area contributed by atoms with Crippen molar-refractivity contribution in [1.82, 2.24) is 14.9 Å². The number of nitrogens with zero attached hydrogens (tertiary/aromatic N) is 3. The van der Waals surface area contributed by atoms with Gasteiger partial charge in [0.05, 0.1) is 19.2 Å². The molecule has 1 fully saturated rings. The van der Waals surface area contributed by atoms with E-state index in [-0.39, 0.29) is 12.2 Å². The van der Waals surface area contributed by atoms with E-state index < -0.39 is 5.60 Å². The van der Waals surface area contributed by atoms with Crippen molar-refractivity contribution >= 4 is 6.09 Å². The molecule has 0 N–H and O–H groups in total. The Bertz CT molecular complexity index is 530. The van der Waals surface area contributed by atoms with Crippen molar-refractivity contribution in [1.29, 1.82) is 0 Å². The molecule has 1 aliphatic rings. The van der Waals surface area contributed by atoms with Gasteiger partial charge >= 0.3 is 6.09 Å². The first-order valence-corrected chi connectivity index (χ1v) is 7.97. The first-order valence-electron chi connectivity index (χ1n) is 7.97. The first-order chi connectivity index (χ1) is 10.9. The van der Waals surface area contributed by atoms with E-state index in [9.17, 15) is 4.79 Å². The molecule has 0 radical (unpaired) electrons. The number of amides is 1. The van der Waals surface area contributed by atoms with E-state index in [1.165, 1.54) is 6.33 Å². The van der Waals surface area contributed by atoms with E-state index in [2.05, 4.69) is 9.97 Å². The van der Waals surface area contributed by atoms with Gasteiger partial charge in [-0.25, -0.2) is 14.8 Å². The summed E-state index contributed by atoms with van der Waals surface area (Å²) in [6.45, 7) is 9.18. The third kappa shape index (κ3) is 5.58. The molecule has 1 unspecified atom stereocenters. The Hall–Kier alpha value is -2.05. The van der Waals surface area contributed by atoms with Crippen LogP contribution < -0.4 is 9.47 Å². The molecule has 0 spiro atoms. The number of likely N-dealkylation sites (tertiary alicyclic amines) is 1. The number of aromatic nitrogens is 2. The molecule has 1 atom stereocenters. The molecule has 0 saturated carbocycles. The summed E-state index contributed by atoms with van der Waals surface area (Å²) in [6, 6.07) is 1.66. The lowest BCUT2D eigenvalue weighted by atomic mass is 10.1. The van der Waals surface area contributed by atoms with Crippen molar-refractivity contribution in [3.8, 4) is 11.8 Å². The minimum atomic E-state index is -0.496. The predicted molar refractivity (Wildman–Crippen MR) is 84.7 cm³/mol. The van der Waals surface area contributed by atoms with E-state index >= 15 is 0 Å². The maximum absolute atomic E-state index is 12.2. The quantitative estimate of drug-likeness (QED) is 0.848. The standard InChI is InChI=1S/C16H25N3O4/c1-5-21-13-9-14(18-11-17-13)22-12-7-6-8-19(10-12)15(20)23-16(2,3)4/h9,11-12H,5-8,10H2,1-4H3. The molecule has 1 saturated heterocycles. The molecule has 7 heteroatoms. The van der Waals surface area contributed by atoms with Crippen molar-refractivity contribution < 1.29 is 19.0 Å². The molecule has 0 aliphatic carbocycles. The monoisotopic (exact) mass is 323 g/mol. The van der Waals surface area contributed by atoms with Gasteiger partial charge in [0.25, 0.3) is 0 Å². The van der Waals surface area contributed by atoms with Gasteiger partial charge in [-0.05, 0) is 40.5 Å². The highest BCUT2D eigenvalue weighted by molar-refractivity contribution is 5.68. The van der Waals surface area contributed by atoms with Crippen LogP contribution in [-0.2, 0) is 4.74 Å². The van der Waals surface area contributed by atoms with Crippen molar-refractivity contribution in [3.05, 3.63) is 12.4 Å². The average molecular weight is 323 g/mol. The van der Waals surface area contributed by atoms with E-state index in [1.807, 2.05) is 27.7 Å². The second-order valence-electron chi connectivity index (χ2n) is 6.44. The molecule has 2 rings (SSSR count). The van der Waals surface area contributed by atoms with Gasteiger partial charge in [0.15, 0.2) is 0 Å². The number of piperidine rings is 1. The zero-order chi connectivity index (χ0) is 16.9. The van der Waals surface area contributed by atoms with E-state index in [0.29, 0.717) is 31.5 Å². The lowest BCUT2D eigenvalue weighted by molar-refractivity contribution is 0.00715. The van der Waals surface area contributed by atoms with Gasteiger partial charge in [0, 0.05) is 6.54 Å². The van der Waals surface area contributed by atoms with E-state index in [1.54, 1.807) is 11.0 Å². The largest absolute Gasteiger partial charge is 0.478 e. The van der Waals surface area contributed by atoms with Crippen LogP contribution in [0.1, 0.15) is 40.5 Å². The molecule has 23 heavy (non-hydrogen) atoms. The number of carbonyl (C=O) groups excluding carboxylic acids is 1. The number of rotatable bonds is 4. The summed E-state index contributed by atoms with van der Waals surface area (Å²) in [4.78, 5) is 21.9. The number of carbonyl (C=O) groups is 1. The Balaban J connectivity index is 1.93. The SMILES string of the molecule is CCOc1cc(OC2CCCN(C(=O)OC(C)(C)C)C2)ncn1. The molecule has 1 aliphatic heterocycles. The normalized spacial score (nSPS) is 18.4. The van der Waals surface area contributed by atoms with Crippen LogP contribution in [0.5, 0.6) is 11.8 Å². The molecule has 0 bridgehead atoms. The van der Waals surface area contributed by atoms with Gasteiger partial charge in [0.2, 0.25) is 11.8 Å². The smallest absolute Gasteiger partial charge is 0.410 e. The van der Waals surface area contributed by atoms with Crippen LogP contribution in [0, 0.1) is 0 Å². The Kier molecular flexibility index (Phi) is 5.63. The van der Waals surface area contributed by atoms with Crippen molar-refractivity contribution in [3.63, 3.8) is 0 Å². The van der Waals surface area contributed by atoms with Crippen LogP contribution in [-0.4, -0.2) is 52.4 Å². The number of hydrogen-bond acceptors (Lipinski definition) is 6. The van der Waals surface area contributed by atoms with Gasteiger partial charge in [-0.2, -0.15) is 0 Å². The predicted octanol–water partition coefficient (Wildman–Crippen LogP) is 2.65. The Labute approximate surface area is 137 Å². The molecule has 1 aromatic heterocycles. The summed E-state index contributed by atoms with van der Waals surface area (Å²) in [5.74, 6) is 0.941. The fourth-order valence-corrected chi connectivity index (χ4v) is 2.31. The molecular formula is C16H25N3O4. The Morgan fingerprint density at radius 2 is 2.09 bits per heavy atom. The molecular weight excluding hydrogens is 298 g/mol. The summed E-state index contributed by atoms with van der Waals surface area (Å²) in [7, 11) is 0. The fourth-order valence-electron chi connectivity index (χ4n) is 2.31. The maximum Gasteiger partial charge on any atom is 0.410 e. The van der Waals surface area contributed by atoms with Crippen molar-refractivity contribution in [2.75, 3.05) is 19.7 Å². The van der Waals surface area contributed by atoms with Crippen LogP contribution >= 0.6 is 0 Å². The fraction of sp³-hybridized carbons (Fsp3) is 0.688. The molecule has 2 heterocycles. The summed E-state index contributed by atoms with van der Waals surface area (Å²) in [5, 5.41) is 0. The highest BCUT2D eigenvalue weighted by Gasteiger charge is 2.28. The minimum Gasteiger partial charge on any atom is -0.478 e. The number of ether oxygens (including phenoxy) is 3. The highest BCUT2D eigenvalue weighted by Crippen LogP contribution is 2.20. The number of hydrogen-bond donors (Lipinski definition) is 0. The molecule has 128 valence electrons. The summed E-state index contributed by atoms with van der Waals surface area (Å²) in [5.41, 5.74) is -0.496.